The smallest absolute Gasteiger partial charge is 0.185 e. The van der Waals surface area contributed by atoms with Crippen LogP contribution in [0.2, 0.25) is 0 Å². The third-order valence-corrected chi connectivity index (χ3v) is 8.89. The van der Waals surface area contributed by atoms with Crippen molar-refractivity contribution >= 4 is 5.84 Å². The number of hydrogen-bond donors (Lipinski definition) is 8. The molecule has 0 aromatic rings. The molecule has 0 spiro atoms. The molecule has 13 nitrogen and oxygen atoms in total. The molecule has 6 unspecified atom stereocenters. The summed E-state index contributed by atoms with van der Waals surface area (Å²) in [5.74, 6) is -0.161. The van der Waals surface area contributed by atoms with E-state index in [-0.39, 0.29) is 36.5 Å². The van der Waals surface area contributed by atoms with Gasteiger partial charge in [-0.15, -0.1) is 0 Å². The molecule has 2 heterocycles. The van der Waals surface area contributed by atoms with E-state index in [9.17, 15) is 20.4 Å². The van der Waals surface area contributed by atoms with Gasteiger partial charge in [0.25, 0.3) is 0 Å². The number of aliphatic imine (C=N–C) groups is 1. The number of amidine groups is 1. The zero-order valence-corrected chi connectivity index (χ0v) is 23.5. The maximum atomic E-state index is 11.6. The van der Waals surface area contributed by atoms with Crippen LogP contribution in [0.3, 0.4) is 0 Å². The van der Waals surface area contributed by atoms with Crippen LogP contribution >= 0.6 is 0 Å². The summed E-state index contributed by atoms with van der Waals surface area (Å²) in [6, 6.07) is -1.91. The van der Waals surface area contributed by atoms with Gasteiger partial charge in [-0.25, -0.2) is 0 Å². The average molecular weight is 560 g/mol. The van der Waals surface area contributed by atoms with Gasteiger partial charge in [-0.2, -0.15) is 0 Å². The Balaban J connectivity index is 1.57. The highest BCUT2D eigenvalue weighted by atomic mass is 16.7. The predicted octanol–water partition coefficient (Wildman–Crippen LogP) is -1.97. The molecular weight excluding hydrogens is 510 g/mol. The lowest BCUT2D eigenvalue weighted by Gasteiger charge is -2.49. The molecule has 13 heteroatoms. The highest BCUT2D eigenvalue weighted by Crippen LogP contribution is 2.38. The van der Waals surface area contributed by atoms with Crippen LogP contribution < -0.4 is 22.5 Å². The highest BCUT2D eigenvalue weighted by molar-refractivity contribution is 5.90. The van der Waals surface area contributed by atoms with Gasteiger partial charge < -0.3 is 61.9 Å². The van der Waals surface area contributed by atoms with E-state index in [0.29, 0.717) is 19.3 Å². The molecule has 226 valence electrons. The first-order chi connectivity index (χ1) is 18.3. The monoisotopic (exact) mass is 559 g/mol. The Morgan fingerprint density at radius 2 is 1.74 bits per heavy atom. The lowest BCUT2D eigenvalue weighted by molar-refractivity contribution is -0.309. The molecule has 2 aliphatic carbocycles. The second kappa shape index (κ2) is 12.1. The van der Waals surface area contributed by atoms with Gasteiger partial charge in [-0.3, -0.25) is 4.99 Å². The van der Waals surface area contributed by atoms with Crippen molar-refractivity contribution in [3.05, 3.63) is 0 Å². The fourth-order valence-electron chi connectivity index (χ4n) is 6.41. The minimum absolute atomic E-state index is 0.0293. The van der Waals surface area contributed by atoms with Gasteiger partial charge >= 0.3 is 0 Å². The molecule has 2 saturated heterocycles. The molecule has 4 fully saturated rings. The predicted molar refractivity (Wildman–Crippen MR) is 142 cm³/mol. The third kappa shape index (κ3) is 6.44. The van der Waals surface area contributed by atoms with Crippen molar-refractivity contribution in [2.75, 3.05) is 13.7 Å². The zero-order chi connectivity index (χ0) is 28.7. The van der Waals surface area contributed by atoms with Gasteiger partial charge in [-0.05, 0) is 58.4 Å². The lowest BCUT2D eigenvalue weighted by Crippen LogP contribution is -2.67. The Kier molecular flexibility index (Phi) is 9.61. The maximum absolute atomic E-state index is 11.6. The Morgan fingerprint density at radius 1 is 1.08 bits per heavy atom. The Labute approximate surface area is 230 Å². The summed E-state index contributed by atoms with van der Waals surface area (Å²) in [7, 11) is 1.63. The van der Waals surface area contributed by atoms with E-state index in [1.165, 1.54) is 0 Å². The molecule has 11 N–H and O–H groups in total. The standard InChI is InChI=1S/C26H49N5O8/c1-5-14-6-7-15(28)22(37-14)38-19-12(2)8-16(31-24(29)26(35)9-13(27)10-26)20(17(19)32)39-23-18(33)21(30-4)25(3,34)11-36-23/h12-23,30,32-35H,5-11,27-28H2,1-4H3,(H2,29,31)/t12-,13?,14+,15?,16+,17?,18?,19?,20?,21+,22+,23+,25?,26?/m0/s1. The van der Waals surface area contributed by atoms with Gasteiger partial charge in [0.05, 0.1) is 36.9 Å². The van der Waals surface area contributed by atoms with Crippen LogP contribution in [0.25, 0.3) is 0 Å². The molecule has 4 aliphatic rings. The van der Waals surface area contributed by atoms with E-state index in [0.717, 1.165) is 19.3 Å². The van der Waals surface area contributed by atoms with Crippen LogP contribution in [0.5, 0.6) is 0 Å². The number of likely N-dealkylation sites (N-methyl/N-ethyl adjacent to an activating group) is 1. The van der Waals surface area contributed by atoms with Gasteiger partial charge in [0.2, 0.25) is 0 Å². The van der Waals surface area contributed by atoms with Gasteiger partial charge in [0.15, 0.2) is 12.6 Å². The Hall–Kier alpha value is -0.970. The topological polar surface area (TPSA) is 220 Å². The van der Waals surface area contributed by atoms with Crippen LogP contribution in [0.4, 0.5) is 0 Å². The van der Waals surface area contributed by atoms with Crippen LogP contribution in [0.15, 0.2) is 4.99 Å². The lowest BCUT2D eigenvalue weighted by atomic mass is 9.75. The number of hydrogen-bond acceptors (Lipinski definition) is 12. The van der Waals surface area contributed by atoms with Gasteiger partial charge in [-0.1, -0.05) is 13.8 Å². The van der Waals surface area contributed by atoms with Crippen molar-refractivity contribution in [2.45, 2.75) is 138 Å². The van der Waals surface area contributed by atoms with Crippen LogP contribution in [-0.4, -0.2) is 118 Å². The largest absolute Gasteiger partial charge is 0.388 e. The SMILES string of the molecule is CC[C@@H]1CCC(N)[C@@H](OC2C(O)C(O[C@H]3OCC(C)(O)[C@H](NC)C3O)[C@H](N=C(N)C3(O)CC(N)C3)C[C@@H]2C)O1. The molecule has 0 aromatic carbocycles. The summed E-state index contributed by atoms with van der Waals surface area (Å²) < 4.78 is 24.3. The van der Waals surface area contributed by atoms with E-state index in [2.05, 4.69) is 10.3 Å². The Bertz CT molecular complexity index is 858. The molecule has 0 aromatic heterocycles. The van der Waals surface area contributed by atoms with E-state index in [1.54, 1.807) is 14.0 Å². The van der Waals surface area contributed by atoms with E-state index in [1.807, 2.05) is 13.8 Å². The van der Waals surface area contributed by atoms with E-state index >= 15 is 0 Å². The summed E-state index contributed by atoms with van der Waals surface area (Å²) in [6.45, 7) is 5.43. The summed E-state index contributed by atoms with van der Waals surface area (Å²) in [4.78, 5) is 4.62. The highest BCUT2D eigenvalue weighted by Gasteiger charge is 2.52. The number of rotatable bonds is 8. The summed E-state index contributed by atoms with van der Waals surface area (Å²) in [5.41, 5.74) is 15.8. The molecule has 4 rings (SSSR count). The normalized spacial score (nSPS) is 51.4. The van der Waals surface area contributed by atoms with Crippen molar-refractivity contribution in [3.8, 4) is 0 Å². The quantitative estimate of drug-likeness (QED) is 0.120. The molecule has 39 heavy (non-hydrogen) atoms. The first-order valence-electron chi connectivity index (χ1n) is 14.2. The number of ether oxygens (including phenoxy) is 4. The number of nitrogens with zero attached hydrogens (tertiary/aromatic N) is 1. The molecular formula is C26H49N5O8. The summed E-state index contributed by atoms with van der Waals surface area (Å²) >= 11 is 0. The first-order valence-corrected chi connectivity index (χ1v) is 14.2. The first kappa shape index (κ1) is 31.0. The second-order valence-electron chi connectivity index (χ2n) is 12.3. The molecule has 0 bridgehead atoms. The number of aliphatic hydroxyl groups excluding tert-OH is 2. The van der Waals surface area contributed by atoms with E-state index < -0.39 is 60.3 Å². The molecule has 2 aliphatic heterocycles. The fourth-order valence-corrected chi connectivity index (χ4v) is 6.41. The van der Waals surface area contributed by atoms with Crippen LogP contribution in [0, 0.1) is 5.92 Å². The van der Waals surface area contributed by atoms with Crippen molar-refractivity contribution in [1.82, 2.24) is 5.32 Å². The molecule has 2 saturated carbocycles. The maximum Gasteiger partial charge on any atom is 0.185 e. The zero-order valence-electron chi connectivity index (χ0n) is 23.5. The molecule has 0 radical (unpaired) electrons. The Morgan fingerprint density at radius 3 is 2.36 bits per heavy atom. The summed E-state index contributed by atoms with van der Waals surface area (Å²) in [5, 5.41) is 47.0. The average Bonchev–Trinajstić information content (AvgIpc) is 2.85. The van der Waals surface area contributed by atoms with Gasteiger partial charge in [0.1, 0.15) is 35.3 Å². The van der Waals surface area contributed by atoms with E-state index in [4.69, 9.17) is 36.1 Å². The van der Waals surface area contributed by atoms with Crippen molar-refractivity contribution < 1.29 is 39.4 Å². The van der Waals surface area contributed by atoms with Crippen molar-refractivity contribution in [2.24, 2.45) is 28.1 Å². The number of aliphatic hydroxyl groups is 4. The number of nitrogens with one attached hydrogen (secondary N) is 1. The summed E-state index contributed by atoms with van der Waals surface area (Å²) in [6.07, 6.45) is -2.58. The minimum Gasteiger partial charge on any atom is -0.388 e. The fraction of sp³-hybridized carbons (Fsp3) is 0.962. The number of nitrogens with two attached hydrogens (primary N) is 3. The van der Waals surface area contributed by atoms with Crippen molar-refractivity contribution in [1.29, 1.82) is 0 Å². The molecule has 12 atom stereocenters. The molecule has 0 amide bonds. The van der Waals surface area contributed by atoms with Crippen LogP contribution in [-0.2, 0) is 18.9 Å². The second-order valence-corrected chi connectivity index (χ2v) is 12.3. The third-order valence-electron chi connectivity index (χ3n) is 8.89. The van der Waals surface area contributed by atoms with Crippen LogP contribution in [0.1, 0.15) is 59.3 Å². The van der Waals surface area contributed by atoms with Crippen molar-refractivity contribution in [3.63, 3.8) is 0 Å². The minimum atomic E-state index is -1.34. The van der Waals surface area contributed by atoms with Gasteiger partial charge in [0, 0.05) is 6.04 Å².